The van der Waals surface area contributed by atoms with E-state index in [4.69, 9.17) is 9.47 Å². The minimum absolute atomic E-state index is 0.0283. The van der Waals surface area contributed by atoms with Crippen LogP contribution in [0.2, 0.25) is 0 Å². The smallest absolute Gasteiger partial charge is 0.229 e. The number of carbonyl (C=O) groups is 1. The molecule has 7 heteroatoms. The third kappa shape index (κ3) is 4.67. The Balaban J connectivity index is 1.58. The minimum atomic E-state index is -0.287. The van der Waals surface area contributed by atoms with Gasteiger partial charge in [0.2, 0.25) is 5.91 Å². The zero-order chi connectivity index (χ0) is 23.4. The van der Waals surface area contributed by atoms with Crippen LogP contribution in [-0.4, -0.2) is 37.6 Å². The zero-order valence-electron chi connectivity index (χ0n) is 19.3. The summed E-state index contributed by atoms with van der Waals surface area (Å²) in [7, 11) is 3.17. The fourth-order valence-corrected chi connectivity index (χ4v) is 5.50. The number of allylic oxidation sites excluding steroid dienone is 1. The number of hydrogen-bond donors (Lipinski definition) is 0. The number of carbonyl (C=O) groups excluding carboxylic acids is 1. The third-order valence-electron chi connectivity index (χ3n) is 6.22. The van der Waals surface area contributed by atoms with Gasteiger partial charge in [-0.3, -0.25) is 9.69 Å². The molecular formula is C26H29N3O3S. The van der Waals surface area contributed by atoms with Crippen molar-refractivity contribution in [3.63, 3.8) is 0 Å². The molecule has 1 amide bonds. The fraction of sp³-hybridized carbons (Fsp3) is 0.385. The highest BCUT2D eigenvalue weighted by Crippen LogP contribution is 2.44. The van der Waals surface area contributed by atoms with E-state index < -0.39 is 0 Å². The second-order valence-electron chi connectivity index (χ2n) is 8.25. The van der Waals surface area contributed by atoms with Gasteiger partial charge in [-0.15, -0.1) is 0 Å². The van der Waals surface area contributed by atoms with E-state index in [0.29, 0.717) is 29.6 Å². The highest BCUT2D eigenvalue weighted by Gasteiger charge is 2.38. The second kappa shape index (κ2) is 10.2. The Kier molecular flexibility index (Phi) is 7.14. The first-order valence-corrected chi connectivity index (χ1v) is 12.2. The van der Waals surface area contributed by atoms with Crippen molar-refractivity contribution in [1.82, 2.24) is 4.90 Å². The van der Waals surface area contributed by atoms with Crippen LogP contribution in [0.1, 0.15) is 43.2 Å². The number of anilines is 1. The molecule has 0 spiro atoms. The number of ether oxygens (including phenoxy) is 2. The third-order valence-corrected chi connectivity index (χ3v) is 7.38. The first-order valence-electron chi connectivity index (χ1n) is 11.2. The van der Waals surface area contributed by atoms with E-state index in [9.17, 15) is 10.1 Å². The molecule has 4 rings (SSSR count). The SMILES string of the molecule is CCCCc1ccc(N2CSC3=C(C#N)[C@H](c4ccc(OC)c(OC)c4)CC(=O)N3C2)cc1. The molecule has 6 nitrogen and oxygen atoms in total. The van der Waals surface area contributed by atoms with E-state index in [1.807, 2.05) is 18.2 Å². The lowest BCUT2D eigenvalue weighted by atomic mass is 9.86. The molecule has 172 valence electrons. The maximum absolute atomic E-state index is 13.2. The summed E-state index contributed by atoms with van der Waals surface area (Å²) in [6.45, 7) is 2.66. The Morgan fingerprint density at radius 3 is 2.55 bits per heavy atom. The quantitative estimate of drug-likeness (QED) is 0.558. The van der Waals surface area contributed by atoms with Crippen LogP contribution in [0.4, 0.5) is 5.69 Å². The summed E-state index contributed by atoms with van der Waals surface area (Å²) in [6, 6.07) is 16.6. The molecule has 0 N–H and O–H groups in total. The molecule has 1 atom stereocenters. The molecule has 33 heavy (non-hydrogen) atoms. The summed E-state index contributed by atoms with van der Waals surface area (Å²) >= 11 is 1.55. The van der Waals surface area contributed by atoms with E-state index in [1.165, 1.54) is 18.4 Å². The minimum Gasteiger partial charge on any atom is -0.493 e. The molecule has 0 unspecified atom stereocenters. The molecule has 0 aromatic heterocycles. The zero-order valence-corrected chi connectivity index (χ0v) is 20.2. The van der Waals surface area contributed by atoms with Gasteiger partial charge in [-0.2, -0.15) is 5.26 Å². The highest BCUT2D eigenvalue weighted by molar-refractivity contribution is 8.03. The van der Waals surface area contributed by atoms with Gasteiger partial charge in [-0.05, 0) is 48.2 Å². The predicted molar refractivity (Wildman–Crippen MR) is 131 cm³/mol. The average molecular weight is 464 g/mol. The summed E-state index contributed by atoms with van der Waals surface area (Å²) in [4.78, 5) is 17.1. The first kappa shape index (κ1) is 23.1. The van der Waals surface area contributed by atoms with Crippen LogP contribution in [0.5, 0.6) is 11.5 Å². The Hall–Kier alpha value is -3.11. The lowest BCUT2D eigenvalue weighted by Crippen LogP contribution is -2.47. The van der Waals surface area contributed by atoms with Crippen LogP contribution in [0.3, 0.4) is 0 Å². The summed E-state index contributed by atoms with van der Waals surface area (Å²) in [5.74, 6) is 1.65. The molecule has 0 aliphatic carbocycles. The van der Waals surface area contributed by atoms with E-state index in [-0.39, 0.29) is 18.2 Å². The number of rotatable bonds is 7. The summed E-state index contributed by atoms with van der Waals surface area (Å²) in [5.41, 5.74) is 3.95. The van der Waals surface area contributed by atoms with Crippen molar-refractivity contribution >= 4 is 23.4 Å². The van der Waals surface area contributed by atoms with E-state index in [1.54, 1.807) is 30.9 Å². The van der Waals surface area contributed by atoms with Crippen molar-refractivity contribution in [3.8, 4) is 17.6 Å². The van der Waals surface area contributed by atoms with Crippen molar-refractivity contribution in [3.05, 3.63) is 64.2 Å². The fourth-order valence-electron chi connectivity index (χ4n) is 4.33. The molecule has 0 saturated carbocycles. The number of amides is 1. The number of unbranched alkanes of at least 4 members (excludes halogenated alkanes) is 1. The Bertz CT molecular complexity index is 1090. The summed E-state index contributed by atoms with van der Waals surface area (Å²) < 4.78 is 10.8. The van der Waals surface area contributed by atoms with Crippen molar-refractivity contribution in [2.45, 2.75) is 38.5 Å². The van der Waals surface area contributed by atoms with E-state index >= 15 is 0 Å². The van der Waals surface area contributed by atoms with Crippen LogP contribution in [0, 0.1) is 11.3 Å². The van der Waals surface area contributed by atoms with Crippen LogP contribution >= 0.6 is 11.8 Å². The Morgan fingerprint density at radius 2 is 1.88 bits per heavy atom. The average Bonchev–Trinajstić information content (AvgIpc) is 2.87. The number of hydrogen-bond acceptors (Lipinski definition) is 6. The van der Waals surface area contributed by atoms with Gasteiger partial charge < -0.3 is 14.4 Å². The molecule has 0 bridgehead atoms. The van der Waals surface area contributed by atoms with Gasteiger partial charge in [0.15, 0.2) is 11.5 Å². The van der Waals surface area contributed by atoms with Gasteiger partial charge >= 0.3 is 0 Å². The molecule has 0 radical (unpaired) electrons. The van der Waals surface area contributed by atoms with Gasteiger partial charge in [-0.25, -0.2) is 0 Å². The first-order chi connectivity index (χ1) is 16.1. The number of fused-ring (bicyclic) bond motifs is 1. The molecule has 2 heterocycles. The molecule has 2 aromatic rings. The van der Waals surface area contributed by atoms with Crippen molar-refractivity contribution in [2.75, 3.05) is 31.7 Å². The maximum atomic E-state index is 13.2. The largest absolute Gasteiger partial charge is 0.493 e. The Morgan fingerprint density at radius 1 is 1.12 bits per heavy atom. The van der Waals surface area contributed by atoms with Gasteiger partial charge in [0, 0.05) is 18.0 Å². The van der Waals surface area contributed by atoms with Crippen LogP contribution < -0.4 is 14.4 Å². The molecule has 2 aliphatic heterocycles. The molecule has 2 aliphatic rings. The van der Waals surface area contributed by atoms with E-state index in [2.05, 4.69) is 42.2 Å². The number of benzene rings is 2. The number of thioether (sulfide) groups is 1. The summed E-state index contributed by atoms with van der Waals surface area (Å²) in [5, 5.41) is 10.8. The van der Waals surface area contributed by atoms with Gasteiger partial charge in [-0.1, -0.05) is 43.3 Å². The van der Waals surface area contributed by atoms with Crippen molar-refractivity contribution < 1.29 is 14.3 Å². The number of aryl methyl sites for hydroxylation is 1. The van der Waals surface area contributed by atoms with Crippen molar-refractivity contribution in [1.29, 1.82) is 5.26 Å². The summed E-state index contributed by atoms with van der Waals surface area (Å²) in [6.07, 6.45) is 3.72. The van der Waals surface area contributed by atoms with Gasteiger partial charge in [0.1, 0.15) is 0 Å². The molecule has 2 aromatic carbocycles. The second-order valence-corrected chi connectivity index (χ2v) is 9.18. The highest BCUT2D eigenvalue weighted by atomic mass is 32.2. The molecular weight excluding hydrogens is 434 g/mol. The molecule has 1 fully saturated rings. The standard InChI is InChI=1S/C26H29N3O3S/c1-4-5-6-18-7-10-20(11-8-18)28-16-29-25(30)14-21(22(15-27)26(29)33-17-28)19-9-12-23(31-2)24(13-19)32-3/h7-13,21H,4-6,14,16-17H2,1-3H3/t21-/m0/s1. The van der Waals surface area contributed by atoms with Crippen LogP contribution in [0.15, 0.2) is 53.1 Å². The predicted octanol–water partition coefficient (Wildman–Crippen LogP) is 5.27. The topological polar surface area (TPSA) is 65.8 Å². The number of methoxy groups -OCH3 is 2. The number of nitrogens with zero attached hydrogens (tertiary/aromatic N) is 3. The van der Waals surface area contributed by atoms with Gasteiger partial charge in [0.05, 0.1) is 43.4 Å². The number of nitriles is 1. The van der Waals surface area contributed by atoms with Crippen LogP contribution in [0.25, 0.3) is 0 Å². The normalized spacial score (nSPS) is 18.1. The van der Waals surface area contributed by atoms with Crippen LogP contribution in [-0.2, 0) is 11.2 Å². The monoisotopic (exact) mass is 463 g/mol. The van der Waals surface area contributed by atoms with E-state index in [0.717, 1.165) is 22.7 Å². The lowest BCUT2D eigenvalue weighted by molar-refractivity contribution is -0.129. The Labute approximate surface area is 199 Å². The maximum Gasteiger partial charge on any atom is 0.229 e. The lowest BCUT2D eigenvalue weighted by Gasteiger charge is -2.42. The van der Waals surface area contributed by atoms with Crippen molar-refractivity contribution in [2.24, 2.45) is 0 Å². The molecule has 1 saturated heterocycles. The van der Waals surface area contributed by atoms with Gasteiger partial charge in [0.25, 0.3) is 0 Å².